The van der Waals surface area contributed by atoms with Crippen molar-refractivity contribution in [1.29, 1.82) is 0 Å². The van der Waals surface area contributed by atoms with Crippen molar-refractivity contribution < 1.29 is 9.00 Å². The predicted octanol–water partition coefficient (Wildman–Crippen LogP) is 5.73. The highest BCUT2D eigenvalue weighted by molar-refractivity contribution is 7.91. The number of rotatable bonds is 7. The number of hydrogen-bond acceptors (Lipinski definition) is 4. The van der Waals surface area contributed by atoms with Gasteiger partial charge in [0.15, 0.2) is 0 Å². The first-order chi connectivity index (χ1) is 16.0. The molecule has 0 aliphatic rings. The third-order valence-electron chi connectivity index (χ3n) is 5.91. The van der Waals surface area contributed by atoms with Crippen molar-refractivity contribution >= 4 is 15.8 Å². The van der Waals surface area contributed by atoms with E-state index in [0.29, 0.717) is 4.90 Å². The first kappa shape index (κ1) is 25.7. The Morgan fingerprint density at radius 1 is 0.971 bits per heavy atom. The molecule has 1 aromatic heterocycles. The third-order valence-corrected chi connectivity index (χ3v) is 7.33. The smallest absolute Gasteiger partial charge is 0.259 e. The molecule has 180 valence electrons. The minimum absolute atomic E-state index is 0.0485. The summed E-state index contributed by atoms with van der Waals surface area (Å²) in [4.78, 5) is 22.0. The second-order valence-corrected chi connectivity index (χ2v) is 11.0. The van der Waals surface area contributed by atoms with Crippen LogP contribution in [0, 0.1) is 6.92 Å². The maximum absolute atomic E-state index is 13.1. The molecule has 0 aliphatic heterocycles. The van der Waals surface area contributed by atoms with E-state index in [1.165, 1.54) is 0 Å². The Kier molecular flexibility index (Phi) is 8.00. The number of hydrogen-bond donors (Lipinski definition) is 1. The Balaban J connectivity index is 2.03. The lowest BCUT2D eigenvalue weighted by Gasteiger charge is -2.21. The van der Waals surface area contributed by atoms with Crippen LogP contribution in [0.2, 0.25) is 0 Å². The molecule has 1 amide bonds. The molecule has 1 heterocycles. The van der Waals surface area contributed by atoms with Crippen LogP contribution < -0.4 is 5.14 Å². The lowest BCUT2D eigenvalue weighted by molar-refractivity contribution is -0.117. The van der Waals surface area contributed by atoms with E-state index in [1.54, 1.807) is 12.1 Å². The van der Waals surface area contributed by atoms with Gasteiger partial charge >= 0.3 is 0 Å². The van der Waals surface area contributed by atoms with Crippen LogP contribution in [-0.2, 0) is 27.6 Å². The van der Waals surface area contributed by atoms with Gasteiger partial charge in [0.2, 0.25) is 0 Å². The highest BCUT2D eigenvalue weighted by Gasteiger charge is 2.20. The number of amides is 1. The monoisotopic (exact) mass is 478 g/mol. The average Bonchev–Trinajstić information content (AvgIpc) is 2.79. The molecule has 3 aromatic rings. The Bertz CT molecular complexity index is 1260. The highest BCUT2D eigenvalue weighted by Crippen LogP contribution is 2.34. The van der Waals surface area contributed by atoms with Crippen LogP contribution in [0.1, 0.15) is 74.5 Å². The first-order valence-electron chi connectivity index (χ1n) is 11.6. The van der Waals surface area contributed by atoms with Gasteiger partial charge in [0.05, 0.1) is 11.3 Å². The van der Waals surface area contributed by atoms with E-state index < -0.39 is 15.8 Å². The van der Waals surface area contributed by atoms with E-state index in [1.807, 2.05) is 38.4 Å². The van der Waals surface area contributed by atoms with E-state index in [4.69, 9.17) is 5.14 Å². The van der Waals surface area contributed by atoms with Gasteiger partial charge in [-0.05, 0) is 65.1 Å². The van der Waals surface area contributed by atoms with Crippen molar-refractivity contribution in [2.45, 2.75) is 71.1 Å². The molecule has 3 rings (SSSR count). The minimum atomic E-state index is -3.32. The van der Waals surface area contributed by atoms with Gasteiger partial charge < -0.3 is 0 Å². The van der Waals surface area contributed by atoms with Gasteiger partial charge in [-0.15, -0.1) is 4.36 Å². The van der Waals surface area contributed by atoms with Crippen molar-refractivity contribution in [1.82, 2.24) is 9.97 Å². The molecular formula is C27H34N4O2S. The van der Waals surface area contributed by atoms with Crippen molar-refractivity contribution in [3.8, 4) is 11.1 Å². The van der Waals surface area contributed by atoms with Gasteiger partial charge in [-0.3, -0.25) is 4.79 Å². The molecule has 2 N–H and O–H groups in total. The zero-order valence-electron chi connectivity index (χ0n) is 20.8. The number of carbonyl (C=O) groups is 1. The van der Waals surface area contributed by atoms with E-state index in [0.717, 1.165) is 45.6 Å². The Hall–Kier alpha value is -2.90. The van der Waals surface area contributed by atoms with Gasteiger partial charge in [0.1, 0.15) is 15.7 Å². The van der Waals surface area contributed by atoms with Gasteiger partial charge in [-0.25, -0.2) is 19.3 Å². The summed E-state index contributed by atoms with van der Waals surface area (Å²) in [6, 6.07) is 11.3. The number of benzene rings is 2. The fourth-order valence-electron chi connectivity index (χ4n) is 3.97. The molecule has 0 radical (unpaired) electrons. The largest absolute Gasteiger partial charge is 0.272 e. The third kappa shape index (κ3) is 5.96. The highest BCUT2D eigenvalue weighted by atomic mass is 32.2. The predicted molar refractivity (Wildman–Crippen MR) is 138 cm³/mol. The average molecular weight is 479 g/mol. The molecule has 2 aromatic carbocycles. The minimum Gasteiger partial charge on any atom is -0.272 e. The topological polar surface area (TPSA) is 98.3 Å². The number of nitrogens with two attached hydrogens (primary N) is 1. The Morgan fingerprint density at radius 2 is 1.50 bits per heavy atom. The second kappa shape index (κ2) is 10.6. The molecular weight excluding hydrogens is 444 g/mol. The summed E-state index contributed by atoms with van der Waals surface area (Å²) >= 11 is 0. The SMILES string of the molecule is CCc1ccc(S(N)(=O)=NC(=O)Cc2c(C(C)C)cc(-c3cnc(C)nc3)cc2C(C)C)cc1. The number of aryl methyl sites for hydroxylation is 2. The fourth-order valence-corrected chi connectivity index (χ4v) is 4.97. The van der Waals surface area contributed by atoms with Crippen LogP contribution >= 0.6 is 0 Å². The van der Waals surface area contributed by atoms with Gasteiger partial charge in [0.25, 0.3) is 5.91 Å². The summed E-state index contributed by atoms with van der Waals surface area (Å²) < 4.78 is 17.0. The van der Waals surface area contributed by atoms with Crippen LogP contribution in [0.5, 0.6) is 0 Å². The van der Waals surface area contributed by atoms with Gasteiger partial charge in [0, 0.05) is 18.0 Å². The summed E-state index contributed by atoms with van der Waals surface area (Å²) in [6.07, 6.45) is 4.55. The van der Waals surface area contributed by atoms with E-state index in [2.05, 4.69) is 54.2 Å². The van der Waals surface area contributed by atoms with Crippen molar-refractivity contribution in [3.05, 3.63) is 76.9 Å². The summed E-state index contributed by atoms with van der Waals surface area (Å²) in [5.74, 6) is 0.587. The maximum Gasteiger partial charge on any atom is 0.259 e. The molecule has 0 fully saturated rings. The fraction of sp³-hybridized carbons (Fsp3) is 0.370. The molecule has 1 unspecified atom stereocenters. The second-order valence-electron chi connectivity index (χ2n) is 9.19. The summed E-state index contributed by atoms with van der Waals surface area (Å²) in [5.41, 5.74) is 6.08. The number of carbonyl (C=O) groups excluding carboxylic acids is 1. The molecule has 0 saturated carbocycles. The molecule has 7 heteroatoms. The quantitative estimate of drug-likeness (QED) is 0.469. The standard InChI is InChI=1S/C27H34N4O2S/c1-7-20-8-10-23(11-9-20)34(28,33)31-27(32)14-26-24(17(2)3)12-21(13-25(26)18(4)5)22-15-29-19(6)30-16-22/h8-13,15-18H,7,14H2,1-6H3,(H2,28,31,32,33). The Morgan fingerprint density at radius 3 is 1.97 bits per heavy atom. The summed E-state index contributed by atoms with van der Waals surface area (Å²) in [7, 11) is -3.32. The lowest BCUT2D eigenvalue weighted by atomic mass is 9.84. The maximum atomic E-state index is 13.1. The zero-order chi connectivity index (χ0) is 25.0. The summed E-state index contributed by atoms with van der Waals surface area (Å²) in [5, 5.41) is 6.02. The zero-order valence-corrected chi connectivity index (χ0v) is 21.6. The van der Waals surface area contributed by atoms with E-state index in [9.17, 15) is 9.00 Å². The number of aromatic nitrogens is 2. The number of nitrogens with zero attached hydrogens (tertiary/aromatic N) is 3. The van der Waals surface area contributed by atoms with Gasteiger partial charge in [-0.1, -0.05) is 58.9 Å². The lowest BCUT2D eigenvalue weighted by Crippen LogP contribution is -2.17. The van der Waals surface area contributed by atoms with E-state index >= 15 is 0 Å². The van der Waals surface area contributed by atoms with Crippen LogP contribution in [0.25, 0.3) is 11.1 Å². The molecule has 0 saturated heterocycles. The van der Waals surface area contributed by atoms with Crippen molar-refractivity contribution in [2.24, 2.45) is 9.50 Å². The molecule has 0 aliphatic carbocycles. The molecule has 6 nitrogen and oxygen atoms in total. The van der Waals surface area contributed by atoms with Crippen LogP contribution in [-0.4, -0.2) is 20.1 Å². The molecule has 0 bridgehead atoms. The summed E-state index contributed by atoms with van der Waals surface area (Å²) in [6.45, 7) is 12.3. The van der Waals surface area contributed by atoms with Crippen LogP contribution in [0.4, 0.5) is 0 Å². The Labute approximate surface area is 203 Å². The van der Waals surface area contributed by atoms with Crippen molar-refractivity contribution in [3.63, 3.8) is 0 Å². The van der Waals surface area contributed by atoms with Crippen LogP contribution in [0.3, 0.4) is 0 Å². The van der Waals surface area contributed by atoms with Crippen molar-refractivity contribution in [2.75, 3.05) is 0 Å². The molecule has 1 atom stereocenters. The molecule has 0 spiro atoms. The van der Waals surface area contributed by atoms with Crippen LogP contribution in [0.15, 0.2) is 58.1 Å². The normalized spacial score (nSPS) is 13.2. The first-order valence-corrected chi connectivity index (χ1v) is 13.2. The molecule has 34 heavy (non-hydrogen) atoms. The van der Waals surface area contributed by atoms with E-state index in [-0.39, 0.29) is 18.3 Å². The van der Waals surface area contributed by atoms with Gasteiger partial charge in [-0.2, -0.15) is 0 Å².